The molecule has 0 aromatic heterocycles. The minimum atomic E-state index is 0. The maximum atomic E-state index is 0. The van der Waals surface area contributed by atoms with Crippen molar-refractivity contribution in [3.8, 4) is 0 Å². The first kappa shape index (κ1) is 24600. The molecule has 0 unspecified atom stereocenters. The molecule has 0 aromatic carbocycles. The molecule has 0 heterocycles. The SMILES string of the molecule is F.F.O.O.O.O.O.O.O.O.O.O.[Al+3].[Cu+2].[Cu+].[F-].[F-].[F-].[F-].[F-].[F-]. The molecule has 0 aliphatic carbocycles. The Bertz CT molecular complexity index is 33.0. The van der Waals surface area contributed by atoms with Gasteiger partial charge in [0.15, 0.2) is 0 Å². The van der Waals surface area contributed by atoms with E-state index in [1.807, 2.05) is 0 Å². The smallest absolute Gasteiger partial charge is 1.00 e. The van der Waals surface area contributed by atoms with E-state index in [1.54, 1.807) is 0 Å². The second-order valence-electron chi connectivity index (χ2n) is 0. The predicted octanol–water partition coefficient (Wildman–Crippen LogP) is -26.3. The molecule has 21 heteroatoms. The Morgan fingerprint density at radius 3 is 0.286 bits per heavy atom. The van der Waals surface area contributed by atoms with Crippen molar-refractivity contribution in [1.29, 1.82) is 0 Å². The van der Waals surface area contributed by atoms with Gasteiger partial charge in [-0.2, -0.15) is 0 Å². The van der Waals surface area contributed by atoms with Gasteiger partial charge in [-0.15, -0.1) is 0 Å². The Hall–Kier alpha value is 0.611. The monoisotopic (exact) mass is 487 g/mol. The van der Waals surface area contributed by atoms with Gasteiger partial charge in [-0.1, -0.05) is 0 Å². The van der Waals surface area contributed by atoms with Gasteiger partial charge in [-0.3, -0.25) is 9.41 Å². The zero-order valence-electron chi connectivity index (χ0n) is 9.26. The summed E-state index contributed by atoms with van der Waals surface area (Å²) in [6, 6.07) is 0. The minimum Gasteiger partial charge on any atom is -1.00 e. The summed E-state index contributed by atoms with van der Waals surface area (Å²) in [4.78, 5) is 0. The summed E-state index contributed by atoms with van der Waals surface area (Å²) in [7, 11) is 0. The summed E-state index contributed by atoms with van der Waals surface area (Å²) in [6.45, 7) is 0. The van der Waals surface area contributed by atoms with Crippen molar-refractivity contribution in [2.45, 2.75) is 0 Å². The topological polar surface area (TPSA) is 315 Å². The first-order valence-corrected chi connectivity index (χ1v) is 0. The summed E-state index contributed by atoms with van der Waals surface area (Å²) in [6.07, 6.45) is 0. The molecule has 0 aliphatic rings. The molecule has 163 valence electrons. The van der Waals surface area contributed by atoms with Crippen LogP contribution in [0.15, 0.2) is 0 Å². The van der Waals surface area contributed by atoms with Gasteiger partial charge in [0.05, 0.1) is 0 Å². The number of rotatable bonds is 0. The molecule has 10 nitrogen and oxygen atoms in total. The summed E-state index contributed by atoms with van der Waals surface area (Å²) < 4.78 is 0. The van der Waals surface area contributed by atoms with Crippen molar-refractivity contribution in [3.63, 3.8) is 0 Å². The third-order valence-electron chi connectivity index (χ3n) is 0. The van der Waals surface area contributed by atoms with Crippen LogP contribution >= 0.6 is 0 Å². The third-order valence-corrected chi connectivity index (χ3v) is 0. The average molecular weight is 488 g/mol. The van der Waals surface area contributed by atoms with Gasteiger partial charge in [-0.05, 0) is 0 Å². The largest absolute Gasteiger partial charge is 3.00 e. The Morgan fingerprint density at radius 2 is 0.286 bits per heavy atom. The Labute approximate surface area is 144 Å². The van der Waals surface area contributed by atoms with Crippen LogP contribution in [0.25, 0.3) is 0 Å². The van der Waals surface area contributed by atoms with Crippen molar-refractivity contribution >= 4 is 17.4 Å². The van der Waals surface area contributed by atoms with E-state index in [-0.39, 0.29) is 144 Å². The second-order valence-corrected chi connectivity index (χ2v) is 0. The molecule has 0 atom stereocenters. The normalized spacial score (nSPS) is 0. The molecular weight excluding hydrogens is 466 g/mol. The molecule has 20 N–H and O–H groups in total. The zero-order chi connectivity index (χ0) is 0. The molecule has 0 saturated heterocycles. The van der Waals surface area contributed by atoms with Crippen LogP contribution in [0.3, 0.4) is 0 Å². The van der Waals surface area contributed by atoms with Gasteiger partial charge in [0.2, 0.25) is 0 Å². The van der Waals surface area contributed by atoms with Crippen molar-refractivity contribution in [1.82, 2.24) is 0 Å². The quantitative estimate of drug-likeness (QED) is 0.226. The third kappa shape index (κ3) is 19100. The maximum absolute atomic E-state index is 0. The molecule has 0 aliphatic heterocycles. The molecule has 0 aromatic rings. The van der Waals surface area contributed by atoms with Crippen LogP contribution < -0.4 is 28.2 Å². The van der Waals surface area contributed by atoms with Gasteiger partial charge >= 0.3 is 51.5 Å². The van der Waals surface area contributed by atoms with Crippen molar-refractivity contribution in [2.24, 2.45) is 0 Å². The van der Waals surface area contributed by atoms with E-state index >= 15 is 0 Å². The predicted molar refractivity (Wildman–Crippen MR) is 46.9 cm³/mol. The van der Waals surface area contributed by atoms with Crippen LogP contribution in [0.4, 0.5) is 9.41 Å². The van der Waals surface area contributed by atoms with Crippen LogP contribution in [0.2, 0.25) is 0 Å². The summed E-state index contributed by atoms with van der Waals surface area (Å²) >= 11 is 0. The zero-order valence-corrected chi connectivity index (χ0v) is 12.3. The van der Waals surface area contributed by atoms with E-state index in [9.17, 15) is 0 Å². The van der Waals surface area contributed by atoms with Gasteiger partial charge < -0.3 is 83.0 Å². The van der Waals surface area contributed by atoms with Gasteiger partial charge in [0.1, 0.15) is 0 Å². The molecule has 0 rings (SSSR count). The van der Waals surface area contributed by atoms with Gasteiger partial charge in [0, 0.05) is 0 Å². The molecule has 0 spiro atoms. The van der Waals surface area contributed by atoms with Crippen molar-refractivity contribution < 1.29 is 127 Å². The Kier molecular flexibility index (Phi) is 24800000. The number of hydrogen-bond donors (Lipinski definition) is 0. The van der Waals surface area contributed by atoms with E-state index in [2.05, 4.69) is 0 Å². The molecule has 0 bridgehead atoms. The fourth-order valence-corrected chi connectivity index (χ4v) is 0. The fourth-order valence-electron chi connectivity index (χ4n) is 0. The van der Waals surface area contributed by atoms with E-state index in [0.717, 1.165) is 0 Å². The summed E-state index contributed by atoms with van der Waals surface area (Å²) in [5, 5.41) is 0. The summed E-state index contributed by atoms with van der Waals surface area (Å²) in [5.41, 5.74) is 0. The molecule has 0 saturated carbocycles. The fraction of sp³-hybridized carbons (Fsp3) is 0. The van der Waals surface area contributed by atoms with Crippen molar-refractivity contribution in [3.05, 3.63) is 0 Å². The van der Waals surface area contributed by atoms with Gasteiger partial charge in [-0.25, -0.2) is 0 Å². The van der Waals surface area contributed by atoms with E-state index in [0.29, 0.717) is 0 Å². The molecule has 0 fully saturated rings. The molecule has 0 amide bonds. The first-order valence-electron chi connectivity index (χ1n) is 0. The molecular formula is H22AlCu2F8O10. The standard InChI is InChI=1S/Al.2Cu.8FH.10H2O/h;;;8*1H;10*1H2/q+3;+1;+2;;;;;;;;;;;;;;;;;;/p-6. The average Bonchev–Trinajstić information content (AvgIpc) is 0. The molecule has 1 radical (unpaired) electrons. The first-order chi connectivity index (χ1) is 0. The van der Waals surface area contributed by atoms with Crippen LogP contribution in [-0.2, 0) is 34.1 Å². The van der Waals surface area contributed by atoms with Crippen LogP contribution in [0, 0.1) is 0 Å². The van der Waals surface area contributed by atoms with Crippen LogP contribution in [-0.4, -0.2) is 72.1 Å². The minimum absolute atomic E-state index is 0. The Balaban J connectivity index is 0. The maximum Gasteiger partial charge on any atom is 3.00 e. The van der Waals surface area contributed by atoms with Crippen LogP contribution in [0.1, 0.15) is 0 Å². The number of hydrogen-bond acceptors (Lipinski definition) is 0. The Morgan fingerprint density at radius 1 is 0.286 bits per heavy atom. The summed E-state index contributed by atoms with van der Waals surface area (Å²) in [5.74, 6) is 0. The molecule has 21 heavy (non-hydrogen) atoms. The van der Waals surface area contributed by atoms with Gasteiger partial charge in [0.25, 0.3) is 0 Å². The van der Waals surface area contributed by atoms with E-state index in [1.165, 1.54) is 0 Å². The second kappa shape index (κ2) is 21200. The van der Waals surface area contributed by atoms with E-state index in [4.69, 9.17) is 0 Å². The van der Waals surface area contributed by atoms with Crippen molar-refractivity contribution in [2.75, 3.05) is 0 Å². The van der Waals surface area contributed by atoms with E-state index < -0.39 is 0 Å². The van der Waals surface area contributed by atoms with Crippen LogP contribution in [0.5, 0.6) is 0 Å². The number of halogens is 8.